The van der Waals surface area contributed by atoms with Crippen LogP contribution >= 0.6 is 11.8 Å². The van der Waals surface area contributed by atoms with Crippen LogP contribution < -0.4 is 5.32 Å². The fourth-order valence-corrected chi connectivity index (χ4v) is 3.77. The Bertz CT molecular complexity index is 465. The molecule has 1 aromatic heterocycles. The van der Waals surface area contributed by atoms with Gasteiger partial charge in [-0.25, -0.2) is 0 Å². The predicted octanol–water partition coefficient (Wildman–Crippen LogP) is 3.75. The molecule has 1 aromatic rings. The number of hydrogen-bond donors (Lipinski definition) is 1. The van der Waals surface area contributed by atoms with Gasteiger partial charge in [0.05, 0.1) is 0 Å². The van der Waals surface area contributed by atoms with E-state index in [4.69, 9.17) is 0 Å². The third kappa shape index (κ3) is 4.01. The summed E-state index contributed by atoms with van der Waals surface area (Å²) in [5, 5.41) is 14.3. The second-order valence-electron chi connectivity index (χ2n) is 6.74. The molecular weight excluding hydrogens is 280 g/mol. The molecule has 0 aromatic carbocycles. The quantitative estimate of drug-likeness (QED) is 0.706. The Morgan fingerprint density at radius 1 is 1.24 bits per heavy atom. The lowest BCUT2D eigenvalue weighted by molar-refractivity contribution is 0.511. The topological polar surface area (TPSA) is 42.7 Å². The third-order valence-electron chi connectivity index (χ3n) is 4.33. The number of rotatable bonds is 9. The second-order valence-corrected chi connectivity index (χ2v) is 8.15. The van der Waals surface area contributed by atoms with E-state index in [1.807, 2.05) is 11.8 Å². The Kier molecular flexibility index (Phi) is 4.89. The summed E-state index contributed by atoms with van der Waals surface area (Å²) in [7, 11) is 0. The zero-order valence-corrected chi connectivity index (χ0v) is 14.3. The number of hydrogen-bond acceptors (Lipinski definition) is 4. The molecule has 0 radical (unpaired) electrons. The van der Waals surface area contributed by atoms with Crippen molar-refractivity contribution in [1.29, 1.82) is 0 Å². The molecule has 118 valence electrons. The minimum atomic E-state index is 0.540. The number of nitrogens with one attached hydrogen (secondary N) is 1. The summed E-state index contributed by atoms with van der Waals surface area (Å²) in [5.74, 6) is 1.96. The first-order chi connectivity index (χ1) is 10.2. The lowest BCUT2D eigenvalue weighted by atomic mass is 10.2. The van der Waals surface area contributed by atoms with E-state index in [0.29, 0.717) is 23.3 Å². The van der Waals surface area contributed by atoms with Crippen molar-refractivity contribution >= 4 is 11.8 Å². The number of thioether (sulfide) groups is 1. The van der Waals surface area contributed by atoms with E-state index in [2.05, 4.69) is 40.9 Å². The van der Waals surface area contributed by atoms with E-state index in [-0.39, 0.29) is 0 Å². The van der Waals surface area contributed by atoms with Gasteiger partial charge in [-0.05, 0) is 39.0 Å². The Balaban J connectivity index is 1.57. The van der Waals surface area contributed by atoms with Gasteiger partial charge >= 0.3 is 0 Å². The SMILES string of the molecule is CCCC(C)NCC(C)Sc1nnc(C2CC2)n1C1CC1. The fraction of sp³-hybridized carbons (Fsp3) is 0.875. The lowest BCUT2D eigenvalue weighted by Gasteiger charge is -2.17. The minimum absolute atomic E-state index is 0.540. The predicted molar refractivity (Wildman–Crippen MR) is 88.0 cm³/mol. The highest BCUT2D eigenvalue weighted by molar-refractivity contribution is 7.99. The van der Waals surface area contributed by atoms with Crippen molar-refractivity contribution in [2.24, 2.45) is 0 Å². The summed E-state index contributed by atoms with van der Waals surface area (Å²) in [6.07, 6.45) is 7.73. The van der Waals surface area contributed by atoms with Crippen LogP contribution in [0.1, 0.15) is 77.1 Å². The Labute approximate surface area is 132 Å². The molecule has 1 heterocycles. The van der Waals surface area contributed by atoms with Gasteiger partial charge in [-0.3, -0.25) is 0 Å². The van der Waals surface area contributed by atoms with Crippen molar-refractivity contribution in [3.63, 3.8) is 0 Å². The van der Waals surface area contributed by atoms with Crippen LogP contribution in [0.4, 0.5) is 0 Å². The second kappa shape index (κ2) is 6.69. The third-order valence-corrected chi connectivity index (χ3v) is 5.39. The summed E-state index contributed by atoms with van der Waals surface area (Å²) in [4.78, 5) is 0. The molecule has 1 N–H and O–H groups in total. The molecule has 2 saturated carbocycles. The maximum atomic E-state index is 4.49. The van der Waals surface area contributed by atoms with Gasteiger partial charge in [0.2, 0.25) is 0 Å². The molecule has 2 aliphatic carbocycles. The first-order valence-electron chi connectivity index (χ1n) is 8.53. The average Bonchev–Trinajstić information content (AvgIpc) is 3.36. The molecular formula is C16H28N4S. The van der Waals surface area contributed by atoms with Crippen LogP contribution in [0, 0.1) is 0 Å². The molecule has 0 amide bonds. The molecule has 2 atom stereocenters. The Hall–Kier alpha value is -0.550. The Morgan fingerprint density at radius 2 is 2.00 bits per heavy atom. The summed E-state index contributed by atoms with van der Waals surface area (Å²) >= 11 is 1.89. The van der Waals surface area contributed by atoms with Gasteiger partial charge < -0.3 is 9.88 Å². The largest absolute Gasteiger partial charge is 0.313 e. The maximum Gasteiger partial charge on any atom is 0.191 e. The fourth-order valence-electron chi connectivity index (χ4n) is 2.79. The average molecular weight is 308 g/mol. The lowest BCUT2D eigenvalue weighted by Crippen LogP contribution is -2.31. The highest BCUT2D eigenvalue weighted by Crippen LogP contribution is 2.46. The van der Waals surface area contributed by atoms with Crippen molar-refractivity contribution in [1.82, 2.24) is 20.1 Å². The molecule has 3 rings (SSSR count). The van der Waals surface area contributed by atoms with E-state index in [1.165, 1.54) is 44.3 Å². The van der Waals surface area contributed by atoms with Crippen LogP contribution in [0.15, 0.2) is 5.16 Å². The van der Waals surface area contributed by atoms with Crippen molar-refractivity contribution in [3.05, 3.63) is 5.82 Å². The first-order valence-corrected chi connectivity index (χ1v) is 9.41. The van der Waals surface area contributed by atoms with Crippen molar-refractivity contribution in [3.8, 4) is 0 Å². The zero-order chi connectivity index (χ0) is 14.8. The molecule has 2 unspecified atom stereocenters. The highest BCUT2D eigenvalue weighted by atomic mass is 32.2. The highest BCUT2D eigenvalue weighted by Gasteiger charge is 2.36. The summed E-state index contributed by atoms with van der Waals surface area (Å²) in [6.45, 7) is 7.85. The van der Waals surface area contributed by atoms with Crippen LogP contribution in [0.2, 0.25) is 0 Å². The molecule has 0 spiro atoms. The molecule has 0 aliphatic heterocycles. The van der Waals surface area contributed by atoms with E-state index in [9.17, 15) is 0 Å². The molecule has 2 aliphatic rings. The Morgan fingerprint density at radius 3 is 2.62 bits per heavy atom. The van der Waals surface area contributed by atoms with Gasteiger partial charge in [0, 0.05) is 29.8 Å². The van der Waals surface area contributed by atoms with E-state index in [0.717, 1.165) is 11.7 Å². The summed E-state index contributed by atoms with van der Waals surface area (Å²) in [6, 6.07) is 1.30. The summed E-state index contributed by atoms with van der Waals surface area (Å²) < 4.78 is 2.45. The standard InChI is InChI=1S/C16H28N4S/c1-4-5-11(2)17-10-12(3)21-16-19-18-15(13-6-7-13)20(16)14-8-9-14/h11-14,17H,4-10H2,1-3H3. The number of aromatic nitrogens is 3. The van der Waals surface area contributed by atoms with E-state index < -0.39 is 0 Å². The molecule has 0 saturated heterocycles. The maximum absolute atomic E-state index is 4.49. The van der Waals surface area contributed by atoms with Crippen molar-refractivity contribution in [2.75, 3.05) is 6.54 Å². The van der Waals surface area contributed by atoms with Crippen LogP contribution in [-0.4, -0.2) is 32.6 Å². The first kappa shape index (κ1) is 15.3. The van der Waals surface area contributed by atoms with Crippen molar-refractivity contribution in [2.45, 2.75) is 87.7 Å². The number of nitrogens with zero attached hydrogens (tertiary/aromatic N) is 3. The molecule has 2 fully saturated rings. The van der Waals surface area contributed by atoms with Gasteiger partial charge in [-0.15, -0.1) is 10.2 Å². The molecule has 0 bridgehead atoms. The smallest absolute Gasteiger partial charge is 0.191 e. The molecule has 5 heteroatoms. The van der Waals surface area contributed by atoms with Gasteiger partial charge in [0.15, 0.2) is 5.16 Å². The zero-order valence-electron chi connectivity index (χ0n) is 13.5. The van der Waals surface area contributed by atoms with Gasteiger partial charge in [-0.2, -0.15) is 0 Å². The molecule has 21 heavy (non-hydrogen) atoms. The van der Waals surface area contributed by atoms with Gasteiger partial charge in [-0.1, -0.05) is 32.0 Å². The van der Waals surface area contributed by atoms with Gasteiger partial charge in [0.25, 0.3) is 0 Å². The van der Waals surface area contributed by atoms with Crippen LogP contribution in [0.5, 0.6) is 0 Å². The minimum Gasteiger partial charge on any atom is -0.313 e. The van der Waals surface area contributed by atoms with Crippen LogP contribution in [-0.2, 0) is 0 Å². The molecule has 4 nitrogen and oxygen atoms in total. The monoisotopic (exact) mass is 308 g/mol. The normalized spacial score (nSPS) is 21.5. The van der Waals surface area contributed by atoms with Crippen LogP contribution in [0.25, 0.3) is 0 Å². The summed E-state index contributed by atoms with van der Waals surface area (Å²) in [5.41, 5.74) is 0. The van der Waals surface area contributed by atoms with Crippen LogP contribution in [0.3, 0.4) is 0 Å². The van der Waals surface area contributed by atoms with E-state index >= 15 is 0 Å². The van der Waals surface area contributed by atoms with Gasteiger partial charge in [0.1, 0.15) is 5.82 Å². The van der Waals surface area contributed by atoms with Crippen molar-refractivity contribution < 1.29 is 0 Å². The van der Waals surface area contributed by atoms with E-state index in [1.54, 1.807) is 0 Å².